The van der Waals surface area contributed by atoms with Crippen molar-refractivity contribution in [3.63, 3.8) is 0 Å². The van der Waals surface area contributed by atoms with E-state index in [4.69, 9.17) is 0 Å². The molecule has 1 N–H and O–H groups in total. The molecule has 2 aromatic heterocycles. The molecule has 0 aliphatic heterocycles. The van der Waals surface area contributed by atoms with Gasteiger partial charge in [-0.15, -0.1) is 11.3 Å². The predicted octanol–water partition coefficient (Wildman–Crippen LogP) is 17.7. The Labute approximate surface area is 360 Å². The summed E-state index contributed by atoms with van der Waals surface area (Å²) in [6.45, 7) is 33.9. The predicted molar refractivity (Wildman–Crippen MR) is 264 cm³/mol. The van der Waals surface area contributed by atoms with E-state index < -0.39 is 0 Å². The molecule has 0 fully saturated rings. The van der Waals surface area contributed by atoms with Crippen molar-refractivity contribution in [2.75, 3.05) is 0 Å². The van der Waals surface area contributed by atoms with Crippen molar-refractivity contribution in [1.29, 1.82) is 0 Å². The number of hydrogen-bond acceptors (Lipinski definition) is 1. The lowest BCUT2D eigenvalue weighted by Gasteiger charge is -1.90. The quantitative estimate of drug-likeness (QED) is 0.182. The molecule has 4 aromatic rings. The molecule has 8 rings (SSSR count). The number of allylic oxidation sites excluding steroid dienone is 16. The summed E-state index contributed by atoms with van der Waals surface area (Å²) in [5, 5.41) is 0. The number of nitrogens with one attached hydrogen (secondary N) is 1. The molecule has 0 spiro atoms. The van der Waals surface area contributed by atoms with Gasteiger partial charge in [0.05, 0.1) is 0 Å². The summed E-state index contributed by atoms with van der Waals surface area (Å²) >= 11 is 1.84. The van der Waals surface area contributed by atoms with Crippen LogP contribution in [0.1, 0.15) is 124 Å². The molecule has 0 radical (unpaired) electrons. The number of thiophene rings is 1. The van der Waals surface area contributed by atoms with E-state index in [1.807, 2.05) is 24.5 Å². The first kappa shape index (κ1) is 51.4. The van der Waals surface area contributed by atoms with Crippen LogP contribution in [0.15, 0.2) is 166 Å². The fourth-order valence-electron chi connectivity index (χ4n) is 5.97. The molecule has 0 amide bonds. The Morgan fingerprint density at radius 1 is 0.362 bits per heavy atom. The molecule has 0 saturated heterocycles. The Hall–Kier alpha value is -4.66. The van der Waals surface area contributed by atoms with Gasteiger partial charge in [0.25, 0.3) is 0 Å². The second-order valence-electron chi connectivity index (χ2n) is 16.4. The molecular weight excluding hydrogens is 719 g/mol. The van der Waals surface area contributed by atoms with Crippen molar-refractivity contribution in [1.82, 2.24) is 4.98 Å². The van der Waals surface area contributed by atoms with Gasteiger partial charge in [0.1, 0.15) is 0 Å². The van der Waals surface area contributed by atoms with Crippen LogP contribution in [0.4, 0.5) is 0 Å². The molecular formula is C56H77NS. The highest BCUT2D eigenvalue weighted by Gasteiger charge is 1.96. The number of H-pyrrole nitrogens is 1. The first-order valence-electron chi connectivity index (χ1n) is 20.9. The van der Waals surface area contributed by atoms with Crippen molar-refractivity contribution in [2.45, 2.75) is 136 Å². The fourth-order valence-corrected chi connectivity index (χ4v) is 6.75. The van der Waals surface area contributed by atoms with Crippen molar-refractivity contribution in [3.05, 3.63) is 209 Å². The van der Waals surface area contributed by atoms with Gasteiger partial charge in [-0.2, -0.15) is 0 Å². The van der Waals surface area contributed by atoms with E-state index in [1.54, 1.807) is 0 Å². The molecule has 4 aliphatic carbocycles. The van der Waals surface area contributed by atoms with E-state index >= 15 is 0 Å². The van der Waals surface area contributed by atoms with Crippen LogP contribution in [-0.2, 0) is 0 Å². The normalized spacial score (nSPS) is 14.1. The highest BCUT2D eigenvalue weighted by molar-refractivity contribution is 7.11. The standard InChI is InChI=1S/2C8H10.4C7H10.C6H9N.C6H8S/c1-7-3-5-8(2)6-4-7;1-7-4-3-5-8(2)6-7;4*1-6-3-4-7(2)5-6;1-5-3-6(2)7-4-5;1-5-3-4-6(2)7-5/h2*3-6H,1-2H3;4*3,5H,4H2,1-2H3;3-4,7H,1-2H3;3-4H,1-2H3. The average Bonchev–Trinajstić information content (AvgIpc) is 4.03. The van der Waals surface area contributed by atoms with Gasteiger partial charge in [-0.25, -0.2) is 0 Å². The van der Waals surface area contributed by atoms with Crippen LogP contribution in [-0.4, -0.2) is 4.98 Å². The summed E-state index contributed by atoms with van der Waals surface area (Å²) in [6.07, 6.45) is 24.6. The summed E-state index contributed by atoms with van der Waals surface area (Å²) < 4.78 is 0. The average molecular weight is 796 g/mol. The van der Waals surface area contributed by atoms with Crippen LogP contribution >= 0.6 is 11.3 Å². The minimum atomic E-state index is 1.17. The fraction of sp³-hybridized carbons (Fsp3) is 0.357. The number of rotatable bonds is 0. The Balaban J connectivity index is 0.000000332. The lowest BCUT2D eigenvalue weighted by Crippen LogP contribution is -1.71. The first-order chi connectivity index (χ1) is 27.3. The van der Waals surface area contributed by atoms with Crippen LogP contribution in [0.25, 0.3) is 0 Å². The van der Waals surface area contributed by atoms with Crippen LogP contribution < -0.4 is 0 Å². The van der Waals surface area contributed by atoms with Gasteiger partial charge in [0.2, 0.25) is 0 Å². The molecule has 312 valence electrons. The van der Waals surface area contributed by atoms with Crippen LogP contribution in [0, 0.1) is 55.4 Å². The zero-order chi connectivity index (χ0) is 43.6. The Kier molecular flexibility index (Phi) is 25.4. The summed E-state index contributed by atoms with van der Waals surface area (Å²) in [7, 11) is 0. The van der Waals surface area contributed by atoms with E-state index in [1.165, 1.54) is 114 Å². The topological polar surface area (TPSA) is 15.8 Å². The Bertz CT molecular complexity index is 1810. The smallest absolute Gasteiger partial charge is 0.0118 e. The Morgan fingerprint density at radius 3 is 0.810 bits per heavy atom. The van der Waals surface area contributed by atoms with Crippen molar-refractivity contribution >= 4 is 11.3 Å². The summed E-state index contributed by atoms with van der Waals surface area (Å²) in [4.78, 5) is 5.87. The zero-order valence-corrected chi connectivity index (χ0v) is 40.1. The monoisotopic (exact) mass is 796 g/mol. The number of benzene rings is 2. The number of hydrogen-bond donors (Lipinski definition) is 1. The number of aromatic nitrogens is 1. The molecule has 0 bridgehead atoms. The molecule has 58 heavy (non-hydrogen) atoms. The van der Waals surface area contributed by atoms with Crippen molar-refractivity contribution < 1.29 is 0 Å². The van der Waals surface area contributed by atoms with E-state index in [-0.39, 0.29) is 0 Å². The highest BCUT2D eigenvalue weighted by Crippen LogP contribution is 2.17. The third kappa shape index (κ3) is 27.1. The second-order valence-corrected chi connectivity index (χ2v) is 17.9. The minimum absolute atomic E-state index is 1.17. The molecule has 2 heterocycles. The lowest BCUT2D eigenvalue weighted by atomic mass is 10.2. The molecule has 0 atom stereocenters. The number of aryl methyl sites for hydroxylation is 8. The van der Waals surface area contributed by atoms with E-state index in [0.717, 1.165) is 0 Å². The van der Waals surface area contributed by atoms with Gasteiger partial charge in [0.15, 0.2) is 0 Å². The minimum Gasteiger partial charge on any atom is -0.365 e. The maximum absolute atomic E-state index is 3.07. The summed E-state index contributed by atoms with van der Waals surface area (Å²) in [5.74, 6) is 0. The van der Waals surface area contributed by atoms with Crippen molar-refractivity contribution in [3.8, 4) is 0 Å². The third-order valence-electron chi connectivity index (χ3n) is 9.12. The van der Waals surface area contributed by atoms with E-state index in [9.17, 15) is 0 Å². The molecule has 4 aliphatic rings. The van der Waals surface area contributed by atoms with Crippen LogP contribution in [0.2, 0.25) is 0 Å². The van der Waals surface area contributed by atoms with Gasteiger partial charge in [-0.1, -0.05) is 164 Å². The van der Waals surface area contributed by atoms with Crippen molar-refractivity contribution in [2.24, 2.45) is 0 Å². The highest BCUT2D eigenvalue weighted by atomic mass is 32.1. The van der Waals surface area contributed by atoms with E-state index in [2.05, 4.69) is 224 Å². The first-order valence-corrected chi connectivity index (χ1v) is 21.7. The second kappa shape index (κ2) is 28.7. The van der Waals surface area contributed by atoms with E-state index in [0.29, 0.717) is 0 Å². The van der Waals surface area contributed by atoms with Crippen LogP contribution in [0.3, 0.4) is 0 Å². The maximum atomic E-state index is 3.07. The largest absolute Gasteiger partial charge is 0.365 e. The molecule has 0 saturated carbocycles. The van der Waals surface area contributed by atoms with Gasteiger partial charge in [0, 0.05) is 21.6 Å². The maximum Gasteiger partial charge on any atom is 0.0118 e. The molecule has 2 heteroatoms. The lowest BCUT2D eigenvalue weighted by molar-refractivity contribution is 1.25. The van der Waals surface area contributed by atoms with Gasteiger partial charge in [-0.05, 0) is 160 Å². The van der Waals surface area contributed by atoms with Gasteiger partial charge >= 0.3 is 0 Å². The zero-order valence-electron chi connectivity index (χ0n) is 39.3. The molecule has 2 aromatic carbocycles. The Morgan fingerprint density at radius 2 is 0.690 bits per heavy atom. The van der Waals surface area contributed by atoms with Gasteiger partial charge in [-0.3, -0.25) is 0 Å². The third-order valence-corrected chi connectivity index (χ3v) is 10.0. The van der Waals surface area contributed by atoms with Gasteiger partial charge < -0.3 is 4.98 Å². The van der Waals surface area contributed by atoms with Crippen LogP contribution in [0.5, 0.6) is 0 Å². The SMILES string of the molecule is CC1=CCC(C)=C1.CC1=CCC(C)=C1.CC1=CCC(C)=C1.CC1=CCC(C)=C1.Cc1c[nH]c(C)c1.Cc1ccc(C)cc1.Cc1ccc(C)s1.Cc1cccc(C)c1. The molecule has 0 unspecified atom stereocenters. The molecule has 1 nitrogen and oxygen atoms in total. The summed E-state index contributed by atoms with van der Waals surface area (Å²) in [6, 6.07) is 23.3. The summed E-state index contributed by atoms with van der Waals surface area (Å²) in [5.41, 5.74) is 19.5. The number of aromatic amines is 1.